The second-order valence-corrected chi connectivity index (χ2v) is 6.40. The fourth-order valence-corrected chi connectivity index (χ4v) is 3.29. The normalized spacial score (nSPS) is 17.5. The summed E-state index contributed by atoms with van der Waals surface area (Å²) in [6.07, 6.45) is 9.12. The monoisotopic (exact) mass is 353 g/mol. The van der Waals surface area contributed by atoms with Gasteiger partial charge in [-0.1, -0.05) is 12.1 Å². The highest BCUT2D eigenvalue weighted by atomic mass is 19.1. The number of aryl methyl sites for hydroxylation is 1. The maximum absolute atomic E-state index is 13.8. The highest BCUT2D eigenvalue weighted by molar-refractivity contribution is 5.28. The Balaban J connectivity index is 1.53. The van der Waals surface area contributed by atoms with Gasteiger partial charge < -0.3 is 9.30 Å². The minimum absolute atomic E-state index is 0.148. The van der Waals surface area contributed by atoms with Crippen LogP contribution in [0.25, 0.3) is 0 Å². The molecule has 4 rings (SSSR count). The van der Waals surface area contributed by atoms with Crippen molar-refractivity contribution < 1.29 is 9.13 Å². The molecule has 7 heteroatoms. The number of hydrogen-bond acceptors (Lipinski definition) is 5. The maximum atomic E-state index is 13.8. The van der Waals surface area contributed by atoms with E-state index in [9.17, 15) is 4.39 Å². The second kappa shape index (κ2) is 7.21. The number of halogens is 1. The van der Waals surface area contributed by atoms with Gasteiger partial charge in [0.15, 0.2) is 11.6 Å². The highest BCUT2D eigenvalue weighted by Crippen LogP contribution is 2.33. The van der Waals surface area contributed by atoms with E-state index in [0.29, 0.717) is 5.88 Å². The minimum atomic E-state index is -0.419. The molecule has 3 heterocycles. The average molecular weight is 353 g/mol. The van der Waals surface area contributed by atoms with Crippen molar-refractivity contribution in [2.45, 2.75) is 25.4 Å². The van der Waals surface area contributed by atoms with Gasteiger partial charge in [0, 0.05) is 19.4 Å². The molecule has 26 heavy (non-hydrogen) atoms. The molecule has 0 unspecified atom stereocenters. The van der Waals surface area contributed by atoms with Crippen molar-refractivity contribution in [1.82, 2.24) is 24.4 Å². The van der Waals surface area contributed by atoms with Gasteiger partial charge in [-0.25, -0.2) is 14.4 Å². The van der Waals surface area contributed by atoms with Gasteiger partial charge in [0.25, 0.3) is 0 Å². The SMILES string of the molecule is Cn1ccnc1CN1CCC[C@H]1c1cncc(Oc2ccccc2F)n1. The first-order chi connectivity index (χ1) is 12.7. The summed E-state index contributed by atoms with van der Waals surface area (Å²) in [7, 11) is 2.00. The third-order valence-corrected chi connectivity index (χ3v) is 4.65. The molecule has 134 valence electrons. The number of benzene rings is 1. The number of hydrogen-bond donors (Lipinski definition) is 0. The molecule has 1 fully saturated rings. The summed E-state index contributed by atoms with van der Waals surface area (Å²) in [5.41, 5.74) is 0.838. The topological polar surface area (TPSA) is 56.1 Å². The summed E-state index contributed by atoms with van der Waals surface area (Å²) in [6, 6.07) is 6.44. The molecule has 1 aliphatic rings. The Morgan fingerprint density at radius 2 is 2.15 bits per heavy atom. The molecule has 2 aromatic heterocycles. The Morgan fingerprint density at radius 3 is 2.96 bits per heavy atom. The maximum Gasteiger partial charge on any atom is 0.238 e. The molecule has 0 amide bonds. The summed E-state index contributed by atoms with van der Waals surface area (Å²) < 4.78 is 21.4. The van der Waals surface area contributed by atoms with E-state index < -0.39 is 5.82 Å². The van der Waals surface area contributed by atoms with Crippen molar-refractivity contribution in [2.24, 2.45) is 7.05 Å². The number of nitrogens with zero attached hydrogens (tertiary/aromatic N) is 5. The third-order valence-electron chi connectivity index (χ3n) is 4.65. The standard InChI is InChI=1S/C19H20FN5O/c1-24-10-8-22-18(24)13-25-9-4-6-16(25)15-11-21-12-19(23-15)26-17-7-3-2-5-14(17)20/h2-3,5,7-8,10-12,16H,4,6,9,13H2,1H3/t16-/m0/s1. The van der Waals surface area contributed by atoms with E-state index in [1.807, 2.05) is 24.0 Å². The summed E-state index contributed by atoms with van der Waals surface area (Å²) >= 11 is 0. The van der Waals surface area contributed by atoms with Crippen LogP contribution in [0.2, 0.25) is 0 Å². The van der Waals surface area contributed by atoms with Crippen molar-refractivity contribution in [3.8, 4) is 11.6 Å². The lowest BCUT2D eigenvalue weighted by Crippen LogP contribution is -2.25. The van der Waals surface area contributed by atoms with Gasteiger partial charge in [-0.2, -0.15) is 0 Å². The molecule has 3 aromatic rings. The first-order valence-electron chi connectivity index (χ1n) is 8.65. The first kappa shape index (κ1) is 16.7. The van der Waals surface area contributed by atoms with Crippen LogP contribution in [0.5, 0.6) is 11.6 Å². The Hall–Kier alpha value is -2.80. The van der Waals surface area contributed by atoms with E-state index in [4.69, 9.17) is 4.74 Å². The second-order valence-electron chi connectivity index (χ2n) is 6.40. The van der Waals surface area contributed by atoms with Gasteiger partial charge in [-0.05, 0) is 31.5 Å². The van der Waals surface area contributed by atoms with E-state index in [-0.39, 0.29) is 11.8 Å². The van der Waals surface area contributed by atoms with Gasteiger partial charge >= 0.3 is 0 Å². The van der Waals surface area contributed by atoms with Crippen LogP contribution >= 0.6 is 0 Å². The van der Waals surface area contributed by atoms with Gasteiger partial charge in [-0.3, -0.25) is 9.88 Å². The molecule has 0 radical (unpaired) electrons. The first-order valence-corrected chi connectivity index (χ1v) is 8.65. The molecule has 0 saturated carbocycles. The third kappa shape index (κ3) is 3.43. The van der Waals surface area contributed by atoms with E-state index in [0.717, 1.165) is 37.4 Å². The molecule has 0 aliphatic carbocycles. The molecule has 1 saturated heterocycles. The summed E-state index contributed by atoms with van der Waals surface area (Å²) in [5, 5.41) is 0. The lowest BCUT2D eigenvalue weighted by atomic mass is 10.1. The van der Waals surface area contributed by atoms with Gasteiger partial charge in [0.05, 0.1) is 30.7 Å². The molecule has 1 aromatic carbocycles. The average Bonchev–Trinajstić information content (AvgIpc) is 3.27. The fraction of sp³-hybridized carbons (Fsp3) is 0.316. The van der Waals surface area contributed by atoms with E-state index in [1.54, 1.807) is 24.4 Å². The Labute approximate surface area is 151 Å². The minimum Gasteiger partial charge on any atom is -0.434 e. The van der Waals surface area contributed by atoms with E-state index in [1.165, 1.54) is 12.3 Å². The number of rotatable bonds is 5. The molecular weight excluding hydrogens is 333 g/mol. The van der Waals surface area contributed by atoms with Gasteiger partial charge in [-0.15, -0.1) is 0 Å². The number of imidazole rings is 1. The molecule has 0 N–H and O–H groups in total. The zero-order valence-electron chi connectivity index (χ0n) is 14.5. The lowest BCUT2D eigenvalue weighted by Gasteiger charge is -2.23. The van der Waals surface area contributed by atoms with Gasteiger partial charge in [0.1, 0.15) is 5.82 Å². The van der Waals surface area contributed by atoms with Crippen LogP contribution in [0, 0.1) is 5.82 Å². The molecule has 1 atom stereocenters. The van der Waals surface area contributed by atoms with Crippen molar-refractivity contribution in [1.29, 1.82) is 0 Å². The lowest BCUT2D eigenvalue weighted by molar-refractivity contribution is 0.234. The molecule has 1 aliphatic heterocycles. The van der Waals surface area contributed by atoms with Crippen LogP contribution in [-0.4, -0.2) is 31.0 Å². The van der Waals surface area contributed by atoms with Crippen LogP contribution in [-0.2, 0) is 13.6 Å². The number of likely N-dealkylation sites (tertiary alicyclic amines) is 1. The molecule has 6 nitrogen and oxygen atoms in total. The summed E-state index contributed by atoms with van der Waals surface area (Å²) in [6.45, 7) is 1.74. The smallest absolute Gasteiger partial charge is 0.238 e. The van der Waals surface area contributed by atoms with Crippen LogP contribution < -0.4 is 4.74 Å². The molecule has 0 spiro atoms. The summed E-state index contributed by atoms with van der Waals surface area (Å²) in [5.74, 6) is 1.05. The van der Waals surface area contributed by atoms with Crippen molar-refractivity contribution in [3.63, 3.8) is 0 Å². The summed E-state index contributed by atoms with van der Waals surface area (Å²) in [4.78, 5) is 15.6. The Morgan fingerprint density at radius 1 is 1.27 bits per heavy atom. The predicted molar refractivity (Wildman–Crippen MR) is 94.1 cm³/mol. The zero-order chi connectivity index (χ0) is 17.9. The van der Waals surface area contributed by atoms with Crippen LogP contribution in [0.4, 0.5) is 4.39 Å². The van der Waals surface area contributed by atoms with Crippen molar-refractivity contribution in [3.05, 3.63) is 66.4 Å². The Bertz CT molecular complexity index is 897. The Kier molecular flexibility index (Phi) is 4.62. The largest absolute Gasteiger partial charge is 0.434 e. The molecule has 0 bridgehead atoms. The van der Waals surface area contributed by atoms with Crippen molar-refractivity contribution in [2.75, 3.05) is 6.54 Å². The van der Waals surface area contributed by atoms with Crippen LogP contribution in [0.1, 0.15) is 30.4 Å². The van der Waals surface area contributed by atoms with Gasteiger partial charge in [0.2, 0.25) is 5.88 Å². The number of aromatic nitrogens is 4. The van der Waals surface area contributed by atoms with Crippen LogP contribution in [0.15, 0.2) is 49.1 Å². The molecular formula is C19H20FN5O. The zero-order valence-corrected chi connectivity index (χ0v) is 14.5. The van der Waals surface area contributed by atoms with E-state index in [2.05, 4.69) is 19.9 Å². The quantitative estimate of drug-likeness (QED) is 0.703. The number of ether oxygens (including phenoxy) is 1. The highest BCUT2D eigenvalue weighted by Gasteiger charge is 2.28. The predicted octanol–water partition coefficient (Wildman–Crippen LogP) is 3.48. The van der Waals surface area contributed by atoms with Crippen molar-refractivity contribution >= 4 is 0 Å². The number of para-hydroxylation sites is 1. The van der Waals surface area contributed by atoms with Crippen LogP contribution in [0.3, 0.4) is 0 Å². The fourth-order valence-electron chi connectivity index (χ4n) is 3.29. The van der Waals surface area contributed by atoms with E-state index >= 15 is 0 Å².